The number of hydrogen-bond acceptors (Lipinski definition) is 5. The maximum absolute atomic E-state index is 11.8. The van der Waals surface area contributed by atoms with Gasteiger partial charge >= 0.3 is 5.97 Å². The Kier molecular flexibility index (Phi) is 2.38. The Balaban J connectivity index is 2.08. The highest BCUT2D eigenvalue weighted by Crippen LogP contribution is 2.34. The number of cyclic esters (lactones) is 1. The van der Waals surface area contributed by atoms with Crippen LogP contribution in [0.15, 0.2) is 29.8 Å². The molecule has 1 aliphatic heterocycles. The van der Waals surface area contributed by atoms with Gasteiger partial charge in [-0.15, -0.1) is 11.3 Å². The fourth-order valence-corrected chi connectivity index (χ4v) is 2.49. The second kappa shape index (κ2) is 3.81. The zero-order chi connectivity index (χ0) is 12.8. The van der Waals surface area contributed by atoms with Crippen LogP contribution in [-0.4, -0.2) is 16.7 Å². The van der Waals surface area contributed by atoms with Crippen LogP contribution < -0.4 is 4.74 Å². The van der Waals surface area contributed by atoms with Crippen LogP contribution in [0, 0.1) is 0 Å². The number of pyridine rings is 1. The Morgan fingerprint density at radius 2 is 2.17 bits per heavy atom. The van der Waals surface area contributed by atoms with Crippen molar-refractivity contribution >= 4 is 17.3 Å². The van der Waals surface area contributed by atoms with E-state index in [1.165, 1.54) is 6.20 Å². The molecule has 3 rings (SSSR count). The molecule has 0 unspecified atom stereocenters. The quantitative estimate of drug-likeness (QED) is 0.740. The monoisotopic (exact) mass is 261 g/mol. The molecule has 0 spiro atoms. The lowest BCUT2D eigenvalue weighted by Crippen LogP contribution is -2.38. The summed E-state index contributed by atoms with van der Waals surface area (Å²) in [5, 5.41) is 1.98. The highest BCUT2D eigenvalue weighted by Gasteiger charge is 2.34. The van der Waals surface area contributed by atoms with E-state index in [1.807, 2.05) is 17.5 Å². The highest BCUT2D eigenvalue weighted by molar-refractivity contribution is 7.13. The normalized spacial score (nSPS) is 16.7. The predicted octanol–water partition coefficient (Wildman–Crippen LogP) is 3.10. The topological polar surface area (TPSA) is 48.4 Å². The first kappa shape index (κ1) is 11.2. The van der Waals surface area contributed by atoms with Crippen molar-refractivity contribution in [1.82, 2.24) is 4.98 Å². The summed E-state index contributed by atoms with van der Waals surface area (Å²) in [4.78, 5) is 17.1. The van der Waals surface area contributed by atoms with Gasteiger partial charge < -0.3 is 9.47 Å². The summed E-state index contributed by atoms with van der Waals surface area (Å²) in [6.45, 7) is 3.41. The minimum atomic E-state index is -0.932. The second-order valence-corrected chi connectivity index (χ2v) is 5.38. The third kappa shape index (κ3) is 1.86. The zero-order valence-corrected chi connectivity index (χ0v) is 10.8. The molecule has 0 aliphatic carbocycles. The van der Waals surface area contributed by atoms with E-state index in [1.54, 1.807) is 31.3 Å². The smallest absolute Gasteiger partial charge is 0.346 e. The van der Waals surface area contributed by atoms with Crippen molar-refractivity contribution in [2.24, 2.45) is 0 Å². The highest BCUT2D eigenvalue weighted by atomic mass is 32.1. The van der Waals surface area contributed by atoms with Crippen molar-refractivity contribution in [3.05, 3.63) is 35.3 Å². The first-order valence-corrected chi connectivity index (χ1v) is 6.39. The molecule has 4 nitrogen and oxygen atoms in total. The number of rotatable bonds is 1. The molecule has 0 atom stereocenters. The second-order valence-electron chi connectivity index (χ2n) is 4.43. The maximum atomic E-state index is 11.8. The number of nitrogens with zero attached hydrogens (tertiary/aromatic N) is 1. The number of ether oxygens (including phenoxy) is 2. The number of esters is 1. The van der Waals surface area contributed by atoms with Crippen molar-refractivity contribution in [3.63, 3.8) is 0 Å². The van der Waals surface area contributed by atoms with Crippen LogP contribution >= 0.6 is 11.3 Å². The van der Waals surface area contributed by atoms with Gasteiger partial charge in [-0.3, -0.25) is 4.98 Å². The van der Waals surface area contributed by atoms with Gasteiger partial charge in [0.2, 0.25) is 5.79 Å². The van der Waals surface area contributed by atoms with Gasteiger partial charge in [-0.2, -0.15) is 0 Å². The molecule has 3 heterocycles. The zero-order valence-electron chi connectivity index (χ0n) is 9.97. The molecule has 2 aromatic heterocycles. The summed E-state index contributed by atoms with van der Waals surface area (Å²) in [6, 6.07) is 5.72. The van der Waals surface area contributed by atoms with E-state index >= 15 is 0 Å². The number of hydrogen-bond donors (Lipinski definition) is 0. The van der Waals surface area contributed by atoms with Crippen LogP contribution in [0.5, 0.6) is 5.75 Å². The minimum Gasteiger partial charge on any atom is -0.452 e. The van der Waals surface area contributed by atoms with Crippen molar-refractivity contribution < 1.29 is 14.3 Å². The van der Waals surface area contributed by atoms with E-state index in [2.05, 4.69) is 4.98 Å². The maximum Gasteiger partial charge on any atom is 0.346 e. The summed E-state index contributed by atoms with van der Waals surface area (Å²) in [5.41, 5.74) is 1.17. The number of fused-ring (bicyclic) bond motifs is 1. The van der Waals surface area contributed by atoms with Gasteiger partial charge in [0.15, 0.2) is 0 Å². The van der Waals surface area contributed by atoms with E-state index in [0.29, 0.717) is 11.3 Å². The molecule has 0 bridgehead atoms. The summed E-state index contributed by atoms with van der Waals surface area (Å²) in [5.74, 6) is -0.806. The van der Waals surface area contributed by atoms with Gasteiger partial charge in [-0.25, -0.2) is 4.79 Å². The van der Waals surface area contributed by atoms with E-state index in [0.717, 1.165) is 10.6 Å². The van der Waals surface area contributed by atoms with Crippen molar-refractivity contribution in [2.45, 2.75) is 19.6 Å². The van der Waals surface area contributed by atoms with Crippen molar-refractivity contribution in [2.75, 3.05) is 0 Å². The minimum absolute atomic E-state index is 0.370. The largest absolute Gasteiger partial charge is 0.452 e. The Morgan fingerprint density at radius 1 is 1.33 bits per heavy atom. The van der Waals surface area contributed by atoms with E-state index in [9.17, 15) is 4.79 Å². The number of carbonyl (C=O) groups excluding carboxylic acids is 1. The lowest BCUT2D eigenvalue weighted by atomic mass is 10.2. The Hall–Kier alpha value is -1.88. The third-order valence-electron chi connectivity index (χ3n) is 2.55. The SMILES string of the molecule is CC1(C)OC(=O)c2cnc(-c3cccs3)cc2O1. The number of thiophene rings is 1. The van der Waals surface area contributed by atoms with Gasteiger partial charge in [0.05, 0.1) is 10.6 Å². The van der Waals surface area contributed by atoms with Crippen molar-refractivity contribution in [1.29, 1.82) is 0 Å². The van der Waals surface area contributed by atoms with Gasteiger partial charge in [0.25, 0.3) is 0 Å². The molecule has 0 saturated carbocycles. The Bertz CT molecular complexity index is 605. The van der Waals surface area contributed by atoms with Gasteiger partial charge in [-0.05, 0) is 11.4 Å². The van der Waals surface area contributed by atoms with Gasteiger partial charge in [-0.1, -0.05) is 6.07 Å². The van der Waals surface area contributed by atoms with E-state index < -0.39 is 11.8 Å². The van der Waals surface area contributed by atoms with Crippen LogP contribution in [0.3, 0.4) is 0 Å². The molecule has 0 amide bonds. The summed E-state index contributed by atoms with van der Waals surface area (Å²) < 4.78 is 10.8. The molecule has 0 saturated heterocycles. The van der Waals surface area contributed by atoms with Crippen LogP contribution in [0.25, 0.3) is 10.6 Å². The van der Waals surface area contributed by atoms with Gasteiger partial charge in [0.1, 0.15) is 11.3 Å². The van der Waals surface area contributed by atoms with Gasteiger partial charge in [0, 0.05) is 26.1 Å². The summed E-state index contributed by atoms with van der Waals surface area (Å²) in [7, 11) is 0. The summed E-state index contributed by atoms with van der Waals surface area (Å²) >= 11 is 1.59. The Labute approximate surface area is 108 Å². The summed E-state index contributed by atoms with van der Waals surface area (Å²) in [6.07, 6.45) is 1.50. The average molecular weight is 261 g/mol. The molecule has 5 heteroatoms. The molecular weight excluding hydrogens is 250 g/mol. The van der Waals surface area contributed by atoms with E-state index in [-0.39, 0.29) is 0 Å². The van der Waals surface area contributed by atoms with E-state index in [4.69, 9.17) is 9.47 Å². The number of carbonyl (C=O) groups is 1. The molecule has 2 aromatic rings. The molecule has 18 heavy (non-hydrogen) atoms. The molecular formula is C13H11NO3S. The molecule has 0 aromatic carbocycles. The Morgan fingerprint density at radius 3 is 2.89 bits per heavy atom. The predicted molar refractivity (Wildman–Crippen MR) is 67.7 cm³/mol. The fraction of sp³-hybridized carbons (Fsp3) is 0.231. The fourth-order valence-electron chi connectivity index (χ4n) is 1.80. The lowest BCUT2D eigenvalue weighted by molar-refractivity contribution is -0.127. The first-order valence-electron chi connectivity index (χ1n) is 5.51. The van der Waals surface area contributed by atoms with Crippen LogP contribution in [0.4, 0.5) is 0 Å². The standard InChI is InChI=1S/C13H11NO3S/c1-13(2)16-10-6-9(11-4-3-5-18-11)14-7-8(10)12(15)17-13/h3-7H,1-2H3. The molecule has 1 aliphatic rings. The first-order chi connectivity index (χ1) is 8.55. The van der Waals surface area contributed by atoms with Crippen LogP contribution in [0.1, 0.15) is 24.2 Å². The average Bonchev–Trinajstić information content (AvgIpc) is 2.79. The molecule has 0 fully saturated rings. The molecule has 0 radical (unpaired) electrons. The van der Waals surface area contributed by atoms with Crippen LogP contribution in [0.2, 0.25) is 0 Å². The number of aromatic nitrogens is 1. The van der Waals surface area contributed by atoms with Crippen molar-refractivity contribution in [3.8, 4) is 16.3 Å². The third-order valence-corrected chi connectivity index (χ3v) is 3.45. The van der Waals surface area contributed by atoms with Crippen LogP contribution in [-0.2, 0) is 4.74 Å². The lowest BCUT2D eigenvalue weighted by Gasteiger charge is -2.31. The molecule has 0 N–H and O–H groups in total. The molecule has 92 valence electrons.